The first-order valence-corrected chi connectivity index (χ1v) is 5.50. The van der Waals surface area contributed by atoms with Crippen molar-refractivity contribution in [3.8, 4) is 0 Å². The van der Waals surface area contributed by atoms with Gasteiger partial charge in [-0.3, -0.25) is 4.79 Å². The topological polar surface area (TPSA) is 110 Å². The van der Waals surface area contributed by atoms with Gasteiger partial charge in [0.2, 0.25) is 11.9 Å². The number of fused-ring (bicyclic) bond motifs is 1. The Labute approximate surface area is 109 Å². The van der Waals surface area contributed by atoms with Crippen molar-refractivity contribution in [2.75, 3.05) is 16.0 Å². The third-order valence-corrected chi connectivity index (χ3v) is 2.50. The minimum absolute atomic E-state index is 0.00442. The fourth-order valence-corrected chi connectivity index (χ4v) is 1.64. The Hall–Kier alpha value is -2.64. The van der Waals surface area contributed by atoms with Crippen molar-refractivity contribution in [1.29, 1.82) is 0 Å². The average Bonchev–Trinajstić information content (AvgIpc) is 2.30. The molecule has 1 aromatic rings. The van der Waals surface area contributed by atoms with Gasteiger partial charge in [-0.2, -0.15) is 4.98 Å². The minimum atomic E-state index is -0.770. The molecule has 0 aromatic carbocycles. The van der Waals surface area contributed by atoms with Crippen LogP contribution in [0.5, 0.6) is 0 Å². The van der Waals surface area contributed by atoms with Crippen LogP contribution in [0.1, 0.15) is 13.8 Å². The highest BCUT2D eigenvalue weighted by atomic mass is 16.6. The highest BCUT2D eigenvalue weighted by Crippen LogP contribution is 2.30. The van der Waals surface area contributed by atoms with Gasteiger partial charge < -0.3 is 15.8 Å². The number of hydrogen-bond acceptors (Lipinski definition) is 6. The maximum Gasteiger partial charge on any atom is 0.421 e. The Morgan fingerprint density at radius 3 is 2.95 bits per heavy atom. The number of aromatic nitrogens is 2. The van der Waals surface area contributed by atoms with Gasteiger partial charge in [-0.15, -0.1) is 0 Å². The maximum absolute atomic E-state index is 12.0. The van der Waals surface area contributed by atoms with Crippen molar-refractivity contribution in [3.05, 3.63) is 18.5 Å². The molecule has 2 amide bonds. The molecule has 0 spiro atoms. The van der Waals surface area contributed by atoms with Crippen LogP contribution in [0.2, 0.25) is 0 Å². The largest absolute Gasteiger partial charge is 0.421 e. The molecule has 0 saturated carbocycles. The van der Waals surface area contributed by atoms with E-state index >= 15 is 0 Å². The maximum atomic E-state index is 12.0. The zero-order valence-electron chi connectivity index (χ0n) is 10.5. The highest BCUT2D eigenvalue weighted by Gasteiger charge is 2.36. The minimum Gasteiger partial charge on any atom is -0.415 e. The van der Waals surface area contributed by atoms with Crippen molar-refractivity contribution in [2.45, 2.75) is 19.9 Å². The molecule has 0 aliphatic carbocycles. The lowest BCUT2D eigenvalue weighted by molar-refractivity contribution is -0.117. The van der Waals surface area contributed by atoms with Gasteiger partial charge in [0.25, 0.3) is 0 Å². The van der Waals surface area contributed by atoms with E-state index in [1.807, 2.05) is 0 Å². The molecule has 0 saturated heterocycles. The first kappa shape index (κ1) is 12.8. The molecule has 1 atom stereocenters. The number of anilines is 3. The van der Waals surface area contributed by atoms with Gasteiger partial charge in [0.15, 0.2) is 5.82 Å². The monoisotopic (exact) mass is 263 g/mol. The van der Waals surface area contributed by atoms with Crippen LogP contribution in [0.15, 0.2) is 18.5 Å². The first-order chi connectivity index (χ1) is 8.90. The number of carbonyl (C=O) groups is 2. The number of nitrogens with two attached hydrogens (primary N) is 1. The summed E-state index contributed by atoms with van der Waals surface area (Å²) < 4.78 is 4.92. The summed E-state index contributed by atoms with van der Waals surface area (Å²) in [4.78, 5) is 32.6. The number of nitrogens with one attached hydrogen (secondary N) is 1. The summed E-state index contributed by atoms with van der Waals surface area (Å²) in [5, 5.41) is 2.58. The van der Waals surface area contributed by atoms with Gasteiger partial charge in [-0.25, -0.2) is 14.7 Å². The second-order valence-electron chi connectivity index (χ2n) is 4.07. The Balaban J connectivity index is 2.46. The molecule has 2 heterocycles. The quantitative estimate of drug-likeness (QED) is 0.727. The number of nitrogens with zero attached hydrogens (tertiary/aromatic N) is 3. The van der Waals surface area contributed by atoms with Crippen LogP contribution in [0, 0.1) is 0 Å². The average molecular weight is 263 g/mol. The van der Waals surface area contributed by atoms with Crippen LogP contribution in [0.3, 0.4) is 0 Å². The number of amides is 2. The highest BCUT2D eigenvalue weighted by molar-refractivity contribution is 6.09. The molecule has 3 N–H and O–H groups in total. The zero-order valence-corrected chi connectivity index (χ0v) is 10.5. The van der Waals surface area contributed by atoms with E-state index in [9.17, 15) is 9.59 Å². The van der Waals surface area contributed by atoms with Gasteiger partial charge in [0.05, 0.1) is 12.0 Å². The Bertz CT molecular complexity index is 571. The Kier molecular flexibility index (Phi) is 3.07. The molecular formula is C11H13N5O3. The van der Waals surface area contributed by atoms with Gasteiger partial charge in [0.1, 0.15) is 11.7 Å². The molecule has 100 valence electrons. The standard InChI is InChI=1S/C11H13N5O3/c1-5(2)19-11(18)16-6(3)9(17)14-7-4-13-10(12)15-8(7)16/h4,6H,1H2,2-3H3,(H,14,17)(H2,12,13,15). The SMILES string of the molecule is C=C(C)OC(=O)N1c2nc(N)ncc2NC(=O)C1C. The molecule has 2 rings (SSSR count). The summed E-state index contributed by atoms with van der Waals surface area (Å²) in [6.07, 6.45) is 0.594. The van der Waals surface area contributed by atoms with Crippen LogP contribution in [0.4, 0.5) is 22.2 Å². The smallest absolute Gasteiger partial charge is 0.415 e. The number of allylic oxidation sites excluding steroid dienone is 1. The van der Waals surface area contributed by atoms with Crippen LogP contribution >= 0.6 is 0 Å². The predicted octanol–water partition coefficient (Wildman–Crippen LogP) is 0.876. The van der Waals surface area contributed by atoms with E-state index in [-0.39, 0.29) is 23.4 Å². The van der Waals surface area contributed by atoms with Crippen molar-refractivity contribution >= 4 is 29.5 Å². The van der Waals surface area contributed by atoms with Crippen LogP contribution in [0.25, 0.3) is 0 Å². The Morgan fingerprint density at radius 1 is 1.63 bits per heavy atom. The molecule has 0 fully saturated rings. The predicted molar refractivity (Wildman–Crippen MR) is 68.3 cm³/mol. The number of rotatable bonds is 1. The summed E-state index contributed by atoms with van der Waals surface area (Å²) >= 11 is 0. The number of carbonyl (C=O) groups excluding carboxylic acids is 2. The van der Waals surface area contributed by atoms with Crippen molar-refractivity contribution < 1.29 is 14.3 Å². The van der Waals surface area contributed by atoms with Gasteiger partial charge >= 0.3 is 6.09 Å². The van der Waals surface area contributed by atoms with Crippen LogP contribution < -0.4 is 16.0 Å². The van der Waals surface area contributed by atoms with E-state index in [4.69, 9.17) is 10.5 Å². The zero-order chi connectivity index (χ0) is 14.2. The molecule has 1 aliphatic heterocycles. The number of hydrogen-bond donors (Lipinski definition) is 2. The van der Waals surface area contributed by atoms with E-state index in [1.165, 1.54) is 13.1 Å². The van der Waals surface area contributed by atoms with E-state index in [0.29, 0.717) is 5.69 Å². The molecule has 8 nitrogen and oxygen atoms in total. The van der Waals surface area contributed by atoms with Gasteiger partial charge in [-0.1, -0.05) is 6.58 Å². The molecule has 1 unspecified atom stereocenters. The van der Waals surface area contributed by atoms with E-state index in [2.05, 4.69) is 21.9 Å². The van der Waals surface area contributed by atoms with Crippen molar-refractivity contribution in [2.24, 2.45) is 0 Å². The summed E-state index contributed by atoms with van der Waals surface area (Å²) in [6.45, 7) is 6.56. The summed E-state index contributed by atoms with van der Waals surface area (Å²) in [6, 6.07) is -0.770. The van der Waals surface area contributed by atoms with E-state index in [1.54, 1.807) is 6.92 Å². The third-order valence-electron chi connectivity index (χ3n) is 2.50. The fourth-order valence-electron chi connectivity index (χ4n) is 1.64. The lowest BCUT2D eigenvalue weighted by atomic mass is 10.2. The normalized spacial score (nSPS) is 17.5. The van der Waals surface area contributed by atoms with Crippen LogP contribution in [-0.4, -0.2) is 28.0 Å². The number of ether oxygens (including phenoxy) is 1. The van der Waals surface area contributed by atoms with Gasteiger partial charge in [-0.05, 0) is 13.8 Å². The first-order valence-electron chi connectivity index (χ1n) is 5.50. The van der Waals surface area contributed by atoms with Crippen molar-refractivity contribution in [1.82, 2.24) is 9.97 Å². The molecule has 1 aromatic heterocycles. The second-order valence-corrected chi connectivity index (χ2v) is 4.07. The van der Waals surface area contributed by atoms with Crippen LogP contribution in [-0.2, 0) is 9.53 Å². The molecule has 1 aliphatic rings. The lowest BCUT2D eigenvalue weighted by Gasteiger charge is -2.32. The van der Waals surface area contributed by atoms with E-state index in [0.717, 1.165) is 4.90 Å². The number of nitrogen functional groups attached to an aromatic ring is 1. The second kappa shape index (κ2) is 4.56. The summed E-state index contributed by atoms with van der Waals surface area (Å²) in [5.74, 6) is 0.0485. The molecular weight excluding hydrogens is 250 g/mol. The molecule has 0 radical (unpaired) electrons. The van der Waals surface area contributed by atoms with Crippen molar-refractivity contribution in [3.63, 3.8) is 0 Å². The molecule has 8 heteroatoms. The fraction of sp³-hybridized carbons (Fsp3) is 0.273. The lowest BCUT2D eigenvalue weighted by Crippen LogP contribution is -2.50. The Morgan fingerprint density at radius 2 is 2.32 bits per heavy atom. The summed E-state index contributed by atoms with van der Waals surface area (Å²) in [5.41, 5.74) is 5.80. The third kappa shape index (κ3) is 2.32. The summed E-state index contributed by atoms with van der Waals surface area (Å²) in [7, 11) is 0. The molecule has 0 bridgehead atoms. The molecule has 19 heavy (non-hydrogen) atoms. The van der Waals surface area contributed by atoms with Gasteiger partial charge in [0, 0.05) is 0 Å². The van der Waals surface area contributed by atoms with E-state index < -0.39 is 12.1 Å².